The Morgan fingerprint density at radius 3 is 2.75 bits per heavy atom. The van der Waals surface area contributed by atoms with Crippen molar-refractivity contribution in [2.45, 2.75) is 26.7 Å². The zero-order chi connectivity index (χ0) is 22.1. The van der Waals surface area contributed by atoms with E-state index in [9.17, 15) is 0 Å². The van der Waals surface area contributed by atoms with Gasteiger partial charge in [0.05, 0.1) is 17.6 Å². The fraction of sp³-hybridized carbons (Fsp3) is 0.208. The first kappa shape index (κ1) is 19.9. The lowest BCUT2D eigenvalue weighted by atomic mass is 10.0. The molecule has 5 N–H and O–H groups in total. The first-order valence-electron chi connectivity index (χ1n) is 10.7. The number of fused-ring (bicyclic) bond motifs is 2. The Labute approximate surface area is 185 Å². The number of aromatic amines is 2. The number of imidazole rings is 1. The third-order valence-corrected chi connectivity index (χ3v) is 5.46. The highest BCUT2D eigenvalue weighted by molar-refractivity contribution is 5.85. The maximum atomic E-state index is 5.89. The topological polar surface area (TPSA) is 118 Å². The van der Waals surface area contributed by atoms with E-state index in [1.807, 2.05) is 38.1 Å². The van der Waals surface area contributed by atoms with Crippen molar-refractivity contribution in [3.05, 3.63) is 65.7 Å². The Morgan fingerprint density at radius 1 is 1.03 bits per heavy atom. The van der Waals surface area contributed by atoms with Gasteiger partial charge in [0, 0.05) is 34.5 Å². The maximum Gasteiger partial charge on any atom is 0.221 e. The molecule has 0 fully saturated rings. The number of aryl methyl sites for hydroxylation is 3. The van der Waals surface area contributed by atoms with Gasteiger partial charge < -0.3 is 25.8 Å². The highest BCUT2D eigenvalue weighted by atomic mass is 16.5. The lowest BCUT2D eigenvalue weighted by Gasteiger charge is -2.11. The molecule has 0 spiro atoms. The van der Waals surface area contributed by atoms with Crippen LogP contribution in [-0.4, -0.2) is 31.5 Å². The van der Waals surface area contributed by atoms with Gasteiger partial charge in [0.25, 0.3) is 0 Å². The summed E-state index contributed by atoms with van der Waals surface area (Å²) < 4.78 is 5.67. The second kappa shape index (κ2) is 8.22. The molecule has 5 rings (SSSR count). The molecule has 0 radical (unpaired) electrons. The van der Waals surface area contributed by atoms with Crippen molar-refractivity contribution >= 4 is 39.4 Å². The monoisotopic (exact) mass is 427 g/mol. The van der Waals surface area contributed by atoms with Crippen molar-refractivity contribution in [3.63, 3.8) is 0 Å². The predicted octanol–water partition coefficient (Wildman–Crippen LogP) is 4.65. The SMILES string of the molecule is CCOc1ccc2[nH]cc(CCc3cnc(N)nc3Nc3ccc4[nH]c(C)nc4c3)c2c1. The van der Waals surface area contributed by atoms with Gasteiger partial charge in [-0.25, -0.2) is 9.97 Å². The van der Waals surface area contributed by atoms with Crippen LogP contribution in [0.15, 0.2) is 48.8 Å². The van der Waals surface area contributed by atoms with Crippen LogP contribution in [0.5, 0.6) is 5.75 Å². The molecule has 3 heterocycles. The molecule has 0 aliphatic carbocycles. The van der Waals surface area contributed by atoms with Crippen molar-refractivity contribution in [3.8, 4) is 5.75 Å². The number of benzene rings is 2. The van der Waals surface area contributed by atoms with E-state index in [-0.39, 0.29) is 5.95 Å². The molecule has 0 saturated carbocycles. The molecule has 0 bridgehead atoms. The maximum absolute atomic E-state index is 5.89. The Kier molecular flexibility index (Phi) is 5.10. The summed E-state index contributed by atoms with van der Waals surface area (Å²) in [5.41, 5.74) is 12.0. The van der Waals surface area contributed by atoms with E-state index in [4.69, 9.17) is 10.5 Å². The summed E-state index contributed by atoms with van der Waals surface area (Å²) in [4.78, 5) is 19.8. The van der Waals surface area contributed by atoms with Crippen molar-refractivity contribution in [2.24, 2.45) is 0 Å². The molecule has 8 nitrogen and oxygen atoms in total. The lowest BCUT2D eigenvalue weighted by molar-refractivity contribution is 0.340. The number of nitrogens with two attached hydrogens (primary N) is 1. The minimum Gasteiger partial charge on any atom is -0.494 e. The number of H-pyrrole nitrogens is 2. The number of rotatable bonds is 7. The highest BCUT2D eigenvalue weighted by Gasteiger charge is 2.11. The fourth-order valence-electron chi connectivity index (χ4n) is 3.95. The quantitative estimate of drug-likeness (QED) is 0.300. The van der Waals surface area contributed by atoms with E-state index in [0.29, 0.717) is 12.4 Å². The number of hydrogen-bond acceptors (Lipinski definition) is 6. The van der Waals surface area contributed by atoms with Crippen LogP contribution in [0.1, 0.15) is 23.9 Å². The van der Waals surface area contributed by atoms with Crippen molar-refractivity contribution in [1.82, 2.24) is 24.9 Å². The second-order valence-electron chi connectivity index (χ2n) is 7.74. The lowest BCUT2D eigenvalue weighted by Crippen LogP contribution is -2.05. The fourth-order valence-corrected chi connectivity index (χ4v) is 3.95. The number of nitrogens with zero attached hydrogens (tertiary/aromatic N) is 3. The molecule has 0 unspecified atom stereocenters. The van der Waals surface area contributed by atoms with E-state index in [1.54, 1.807) is 6.20 Å². The summed E-state index contributed by atoms with van der Waals surface area (Å²) in [5.74, 6) is 2.71. The first-order chi connectivity index (χ1) is 15.6. The van der Waals surface area contributed by atoms with Crippen LogP contribution in [0.25, 0.3) is 21.9 Å². The van der Waals surface area contributed by atoms with Crippen LogP contribution in [0.2, 0.25) is 0 Å². The van der Waals surface area contributed by atoms with Crippen LogP contribution in [0.3, 0.4) is 0 Å². The molecular formula is C24H25N7O. The molecule has 2 aromatic carbocycles. The van der Waals surface area contributed by atoms with Crippen molar-refractivity contribution in [1.29, 1.82) is 0 Å². The first-order valence-corrected chi connectivity index (χ1v) is 10.7. The average molecular weight is 428 g/mol. The van der Waals surface area contributed by atoms with Crippen LogP contribution in [-0.2, 0) is 12.8 Å². The van der Waals surface area contributed by atoms with Gasteiger partial charge in [-0.15, -0.1) is 0 Å². The zero-order valence-corrected chi connectivity index (χ0v) is 18.1. The normalized spacial score (nSPS) is 11.3. The largest absolute Gasteiger partial charge is 0.494 e. The van der Waals surface area contributed by atoms with Gasteiger partial charge >= 0.3 is 0 Å². The van der Waals surface area contributed by atoms with Crippen molar-refractivity contribution in [2.75, 3.05) is 17.7 Å². The number of anilines is 3. The summed E-state index contributed by atoms with van der Waals surface area (Å²) in [6.07, 6.45) is 5.44. The van der Waals surface area contributed by atoms with Gasteiger partial charge in [-0.05, 0) is 68.7 Å². The molecule has 0 aliphatic heterocycles. The summed E-state index contributed by atoms with van der Waals surface area (Å²) >= 11 is 0. The van der Waals surface area contributed by atoms with E-state index in [2.05, 4.69) is 48.6 Å². The van der Waals surface area contributed by atoms with E-state index >= 15 is 0 Å². The minimum atomic E-state index is 0.237. The van der Waals surface area contributed by atoms with Crippen LogP contribution in [0, 0.1) is 6.92 Å². The second-order valence-corrected chi connectivity index (χ2v) is 7.74. The van der Waals surface area contributed by atoms with E-state index < -0.39 is 0 Å². The molecule has 5 aromatic rings. The highest BCUT2D eigenvalue weighted by Crippen LogP contribution is 2.27. The van der Waals surface area contributed by atoms with Gasteiger partial charge in [0.1, 0.15) is 17.4 Å². The standard InChI is InChI=1S/C24H25N7O/c1-3-32-18-7-9-20-19(11-18)15(12-26-20)4-5-16-13-27-24(25)31-23(16)30-17-6-8-21-22(10-17)29-14(2)28-21/h6-13,26H,3-5H2,1-2H3,(H,28,29)(H3,25,27,30,31). The Bertz CT molecular complexity index is 1400. The number of hydrogen-bond donors (Lipinski definition) is 4. The van der Waals surface area contributed by atoms with Gasteiger partial charge in [0.15, 0.2) is 0 Å². The molecule has 0 saturated heterocycles. The summed E-state index contributed by atoms with van der Waals surface area (Å²) in [6, 6.07) is 12.1. The van der Waals surface area contributed by atoms with Crippen LogP contribution < -0.4 is 15.8 Å². The van der Waals surface area contributed by atoms with E-state index in [1.165, 1.54) is 10.9 Å². The van der Waals surface area contributed by atoms with Crippen molar-refractivity contribution < 1.29 is 4.74 Å². The molecule has 8 heteroatoms. The molecule has 3 aromatic heterocycles. The molecule has 0 amide bonds. The predicted molar refractivity (Wildman–Crippen MR) is 127 cm³/mol. The third-order valence-electron chi connectivity index (χ3n) is 5.46. The third kappa shape index (κ3) is 3.94. The zero-order valence-electron chi connectivity index (χ0n) is 18.1. The van der Waals surface area contributed by atoms with Crippen LogP contribution in [0.4, 0.5) is 17.5 Å². The smallest absolute Gasteiger partial charge is 0.221 e. The van der Waals surface area contributed by atoms with Gasteiger partial charge in [-0.1, -0.05) is 0 Å². The van der Waals surface area contributed by atoms with E-state index in [0.717, 1.165) is 52.2 Å². The van der Waals surface area contributed by atoms with Gasteiger partial charge in [-0.2, -0.15) is 4.98 Å². The molecule has 0 atom stereocenters. The summed E-state index contributed by atoms with van der Waals surface area (Å²) in [6.45, 7) is 4.58. The Hall–Kier alpha value is -4.07. The van der Waals surface area contributed by atoms with Crippen LogP contribution >= 0.6 is 0 Å². The molecule has 32 heavy (non-hydrogen) atoms. The Balaban J connectivity index is 1.39. The molecule has 162 valence electrons. The number of nitrogens with one attached hydrogen (secondary N) is 3. The van der Waals surface area contributed by atoms with Gasteiger partial charge in [-0.3, -0.25) is 0 Å². The average Bonchev–Trinajstić information content (AvgIpc) is 3.35. The minimum absolute atomic E-state index is 0.237. The van der Waals surface area contributed by atoms with Gasteiger partial charge in [0.2, 0.25) is 5.95 Å². The summed E-state index contributed by atoms with van der Waals surface area (Å²) in [7, 11) is 0. The number of nitrogen functional groups attached to an aromatic ring is 1. The number of ether oxygens (including phenoxy) is 1. The summed E-state index contributed by atoms with van der Waals surface area (Å²) in [5, 5.41) is 4.56. The molecular weight excluding hydrogens is 402 g/mol. The number of aromatic nitrogens is 5. The molecule has 0 aliphatic rings. The Morgan fingerprint density at radius 2 is 1.88 bits per heavy atom.